The van der Waals surface area contributed by atoms with Gasteiger partial charge in [-0.05, 0) is 24.3 Å². The van der Waals surface area contributed by atoms with Gasteiger partial charge in [-0.1, -0.05) is 30.0 Å². The first-order valence-corrected chi connectivity index (χ1v) is 8.86. The number of amides is 1. The Morgan fingerprint density at radius 2 is 2.04 bits per heavy atom. The van der Waals surface area contributed by atoms with E-state index in [2.05, 4.69) is 15.5 Å². The second-order valence-corrected chi connectivity index (χ2v) is 6.44. The molecule has 7 nitrogen and oxygen atoms in total. The van der Waals surface area contributed by atoms with Gasteiger partial charge in [-0.3, -0.25) is 9.20 Å². The number of carbonyl (C=O) groups excluding carboxylic acids is 1. The minimum atomic E-state index is -0.197. The van der Waals surface area contributed by atoms with Crippen LogP contribution in [-0.2, 0) is 4.79 Å². The largest absolute Gasteiger partial charge is 0.486 e. The average Bonchev–Trinajstić information content (AvgIpc) is 3.08. The first-order chi connectivity index (χ1) is 12.3. The predicted octanol–water partition coefficient (Wildman–Crippen LogP) is 1.78. The van der Waals surface area contributed by atoms with Crippen LogP contribution in [-0.4, -0.2) is 45.5 Å². The first kappa shape index (κ1) is 15.8. The van der Waals surface area contributed by atoms with Gasteiger partial charge in [-0.2, -0.15) is 0 Å². The molecular formula is C17H16N4O3S. The number of hydrogen-bond acceptors (Lipinski definition) is 6. The molecule has 0 saturated carbocycles. The second-order valence-electron chi connectivity index (χ2n) is 5.50. The van der Waals surface area contributed by atoms with Crippen LogP contribution in [0.2, 0.25) is 0 Å². The highest BCUT2D eigenvalue weighted by Crippen LogP contribution is 2.30. The van der Waals surface area contributed by atoms with E-state index in [1.54, 1.807) is 0 Å². The Bertz CT molecular complexity index is 898. The van der Waals surface area contributed by atoms with E-state index < -0.39 is 0 Å². The van der Waals surface area contributed by atoms with Gasteiger partial charge in [0, 0.05) is 6.20 Å². The van der Waals surface area contributed by atoms with Gasteiger partial charge >= 0.3 is 0 Å². The summed E-state index contributed by atoms with van der Waals surface area (Å²) in [6.45, 7) is 0.813. The molecule has 0 unspecified atom stereocenters. The van der Waals surface area contributed by atoms with Crippen molar-refractivity contribution >= 4 is 23.3 Å². The molecule has 25 heavy (non-hydrogen) atoms. The van der Waals surface area contributed by atoms with E-state index in [4.69, 9.17) is 9.47 Å². The maximum absolute atomic E-state index is 12.1. The maximum Gasteiger partial charge on any atom is 0.230 e. The van der Waals surface area contributed by atoms with Crippen molar-refractivity contribution < 1.29 is 14.3 Å². The topological polar surface area (TPSA) is 77.8 Å². The Hall–Kier alpha value is -2.74. The van der Waals surface area contributed by atoms with Crippen LogP contribution in [0, 0.1) is 0 Å². The Kier molecular flexibility index (Phi) is 4.43. The second kappa shape index (κ2) is 7.02. The molecule has 0 fully saturated rings. The van der Waals surface area contributed by atoms with Gasteiger partial charge in [-0.15, -0.1) is 10.2 Å². The highest BCUT2D eigenvalue weighted by Gasteiger charge is 2.21. The van der Waals surface area contributed by atoms with Crippen molar-refractivity contribution in [1.29, 1.82) is 0 Å². The Balaban J connectivity index is 1.27. The lowest BCUT2D eigenvalue weighted by molar-refractivity contribution is -0.119. The summed E-state index contributed by atoms with van der Waals surface area (Å²) in [5.74, 6) is 1.62. The summed E-state index contributed by atoms with van der Waals surface area (Å²) in [5, 5.41) is 11.7. The number of para-hydroxylation sites is 2. The van der Waals surface area contributed by atoms with Gasteiger partial charge in [0.05, 0.1) is 12.3 Å². The number of carbonyl (C=O) groups is 1. The fourth-order valence-corrected chi connectivity index (χ4v) is 3.24. The standard InChI is InChI=1S/C17H16N4O3S/c22-16(11-25-17-20-19-15-7-3-4-8-21(15)17)18-9-12-10-23-13-5-1-2-6-14(13)24-12/h1-8,12H,9-11H2,(H,18,22)/t12-/m0/s1. The lowest BCUT2D eigenvalue weighted by Gasteiger charge is -2.26. The van der Waals surface area contributed by atoms with Gasteiger partial charge in [0.15, 0.2) is 22.3 Å². The third kappa shape index (κ3) is 3.53. The molecule has 3 heterocycles. The SMILES string of the molecule is O=C(CSc1nnc2ccccn12)NC[C@H]1COc2ccccc2O1. The summed E-state index contributed by atoms with van der Waals surface area (Å²) in [6.07, 6.45) is 1.68. The van der Waals surface area contributed by atoms with Crippen LogP contribution in [0.25, 0.3) is 5.65 Å². The van der Waals surface area contributed by atoms with Crippen LogP contribution in [0.15, 0.2) is 53.8 Å². The van der Waals surface area contributed by atoms with E-state index in [0.29, 0.717) is 24.1 Å². The van der Waals surface area contributed by atoms with E-state index >= 15 is 0 Å². The van der Waals surface area contributed by atoms with Gasteiger partial charge in [0.2, 0.25) is 5.91 Å². The molecular weight excluding hydrogens is 340 g/mol. The number of benzene rings is 1. The molecule has 1 atom stereocenters. The Morgan fingerprint density at radius 3 is 2.96 bits per heavy atom. The molecule has 2 aromatic heterocycles. The highest BCUT2D eigenvalue weighted by atomic mass is 32.2. The van der Waals surface area contributed by atoms with Crippen LogP contribution in [0.1, 0.15) is 0 Å². The van der Waals surface area contributed by atoms with Crippen molar-refractivity contribution in [1.82, 2.24) is 19.9 Å². The molecule has 0 bridgehead atoms. The minimum Gasteiger partial charge on any atom is -0.486 e. The van der Waals surface area contributed by atoms with Gasteiger partial charge in [-0.25, -0.2) is 0 Å². The normalized spacial score (nSPS) is 15.9. The van der Waals surface area contributed by atoms with Crippen molar-refractivity contribution in [2.75, 3.05) is 18.9 Å². The number of hydrogen-bond donors (Lipinski definition) is 1. The molecule has 4 rings (SSSR count). The van der Waals surface area contributed by atoms with Crippen LogP contribution >= 0.6 is 11.8 Å². The number of thioether (sulfide) groups is 1. The zero-order chi connectivity index (χ0) is 17.1. The lowest BCUT2D eigenvalue weighted by Crippen LogP contribution is -2.41. The predicted molar refractivity (Wildman–Crippen MR) is 93.1 cm³/mol. The maximum atomic E-state index is 12.1. The molecule has 0 aliphatic carbocycles. The Morgan fingerprint density at radius 1 is 1.20 bits per heavy atom. The van der Waals surface area contributed by atoms with E-state index in [-0.39, 0.29) is 17.8 Å². The van der Waals surface area contributed by atoms with Gasteiger partial charge in [0.1, 0.15) is 12.7 Å². The summed E-state index contributed by atoms with van der Waals surface area (Å²) >= 11 is 1.35. The van der Waals surface area contributed by atoms with Crippen LogP contribution in [0.3, 0.4) is 0 Å². The zero-order valence-corrected chi connectivity index (χ0v) is 14.1. The number of aromatic nitrogens is 3. The number of rotatable bonds is 5. The molecule has 8 heteroatoms. The van der Waals surface area contributed by atoms with Crippen molar-refractivity contribution in [3.63, 3.8) is 0 Å². The van der Waals surface area contributed by atoms with Crippen LogP contribution in [0.4, 0.5) is 0 Å². The molecule has 128 valence electrons. The molecule has 1 aliphatic heterocycles. The smallest absolute Gasteiger partial charge is 0.230 e. The quantitative estimate of drug-likeness (QED) is 0.702. The van der Waals surface area contributed by atoms with Crippen LogP contribution < -0.4 is 14.8 Å². The number of nitrogens with zero attached hydrogens (tertiary/aromatic N) is 3. The van der Waals surface area contributed by atoms with E-state index in [0.717, 1.165) is 11.4 Å². The lowest BCUT2D eigenvalue weighted by atomic mass is 10.2. The summed E-state index contributed by atoms with van der Waals surface area (Å²) < 4.78 is 13.3. The summed E-state index contributed by atoms with van der Waals surface area (Å²) in [7, 11) is 0. The average molecular weight is 356 g/mol. The van der Waals surface area contributed by atoms with Crippen molar-refractivity contribution in [3.05, 3.63) is 48.7 Å². The molecule has 1 aliphatic rings. The van der Waals surface area contributed by atoms with Crippen molar-refractivity contribution in [2.45, 2.75) is 11.3 Å². The van der Waals surface area contributed by atoms with Crippen molar-refractivity contribution in [3.8, 4) is 11.5 Å². The Labute approximate surface area is 148 Å². The van der Waals surface area contributed by atoms with Crippen molar-refractivity contribution in [2.24, 2.45) is 0 Å². The van der Waals surface area contributed by atoms with E-state index in [1.165, 1.54) is 11.8 Å². The fraction of sp³-hybridized carbons (Fsp3) is 0.235. The highest BCUT2D eigenvalue weighted by molar-refractivity contribution is 7.99. The van der Waals surface area contributed by atoms with E-state index in [9.17, 15) is 4.79 Å². The fourth-order valence-electron chi connectivity index (χ4n) is 2.49. The van der Waals surface area contributed by atoms with Gasteiger partial charge in [0.25, 0.3) is 0 Å². The summed E-state index contributed by atoms with van der Waals surface area (Å²) in [6, 6.07) is 13.2. The molecule has 1 N–H and O–H groups in total. The zero-order valence-electron chi connectivity index (χ0n) is 13.3. The molecule has 1 amide bonds. The number of nitrogens with one attached hydrogen (secondary N) is 1. The minimum absolute atomic E-state index is 0.0832. The summed E-state index contributed by atoms with van der Waals surface area (Å²) in [4.78, 5) is 12.1. The van der Waals surface area contributed by atoms with Crippen LogP contribution in [0.5, 0.6) is 11.5 Å². The number of fused-ring (bicyclic) bond motifs is 2. The molecule has 0 saturated heterocycles. The van der Waals surface area contributed by atoms with Gasteiger partial charge < -0.3 is 14.8 Å². The third-order valence-electron chi connectivity index (χ3n) is 3.71. The monoisotopic (exact) mass is 356 g/mol. The molecule has 0 radical (unpaired) electrons. The molecule has 0 spiro atoms. The molecule has 1 aromatic carbocycles. The number of pyridine rings is 1. The first-order valence-electron chi connectivity index (χ1n) is 7.87. The number of ether oxygens (including phenoxy) is 2. The van der Waals surface area contributed by atoms with E-state index in [1.807, 2.05) is 53.1 Å². The molecule has 3 aromatic rings. The third-order valence-corrected chi connectivity index (χ3v) is 4.65. The summed E-state index contributed by atoms with van der Waals surface area (Å²) in [5.41, 5.74) is 0.761.